The summed E-state index contributed by atoms with van der Waals surface area (Å²) in [6.07, 6.45) is 3.99. The molecule has 0 saturated heterocycles. The topological polar surface area (TPSA) is 71.4 Å². The third kappa shape index (κ3) is 2.85. The number of hydrogen-bond donors (Lipinski definition) is 2. The van der Waals surface area contributed by atoms with Gasteiger partial charge in [0.2, 0.25) is 0 Å². The van der Waals surface area contributed by atoms with Crippen molar-refractivity contribution in [3.05, 3.63) is 53.2 Å². The number of aromatic nitrogens is 5. The Kier molecular flexibility index (Phi) is 3.90. The van der Waals surface area contributed by atoms with Gasteiger partial charge in [0.25, 0.3) is 0 Å². The zero-order valence-corrected chi connectivity index (χ0v) is 14.1. The van der Waals surface area contributed by atoms with Crippen molar-refractivity contribution in [2.75, 3.05) is 0 Å². The third-order valence-electron chi connectivity index (χ3n) is 4.77. The Labute approximate surface area is 141 Å². The van der Waals surface area contributed by atoms with E-state index in [2.05, 4.69) is 61.5 Å². The Morgan fingerprint density at radius 1 is 1.21 bits per heavy atom. The van der Waals surface area contributed by atoms with Crippen molar-refractivity contribution in [2.45, 2.75) is 45.8 Å². The van der Waals surface area contributed by atoms with Crippen LogP contribution in [-0.4, -0.2) is 31.0 Å². The molecule has 1 aliphatic rings. The van der Waals surface area contributed by atoms with Crippen LogP contribution in [0, 0.1) is 13.8 Å². The van der Waals surface area contributed by atoms with Gasteiger partial charge in [-0.15, -0.1) is 10.2 Å². The summed E-state index contributed by atoms with van der Waals surface area (Å²) in [5.74, 6) is 2.11. The van der Waals surface area contributed by atoms with Crippen LogP contribution in [0.2, 0.25) is 0 Å². The zero-order chi connectivity index (χ0) is 16.5. The molecule has 2 N–H and O–H groups in total. The predicted octanol–water partition coefficient (Wildman–Crippen LogP) is 2.39. The highest BCUT2D eigenvalue weighted by molar-refractivity contribution is 5.62. The van der Waals surface area contributed by atoms with E-state index in [1.54, 1.807) is 0 Å². The molecular formula is C18H22N6. The average molecular weight is 322 g/mol. The molecule has 1 aliphatic heterocycles. The first kappa shape index (κ1) is 15.1. The van der Waals surface area contributed by atoms with Crippen LogP contribution >= 0.6 is 0 Å². The molecule has 6 heteroatoms. The maximum atomic E-state index is 4.24. The highest BCUT2D eigenvalue weighted by Gasteiger charge is 2.21. The number of benzene rings is 1. The van der Waals surface area contributed by atoms with Crippen LogP contribution in [0.15, 0.2) is 30.5 Å². The number of aryl methyl sites for hydroxylation is 3. The summed E-state index contributed by atoms with van der Waals surface area (Å²) < 4.78 is 2.22. The number of nitrogens with zero attached hydrogens (tertiary/aromatic N) is 4. The lowest BCUT2D eigenvalue weighted by Gasteiger charge is -2.25. The molecule has 0 bridgehead atoms. The van der Waals surface area contributed by atoms with Crippen LogP contribution in [0.1, 0.15) is 29.2 Å². The molecule has 24 heavy (non-hydrogen) atoms. The first-order chi connectivity index (χ1) is 11.7. The molecule has 0 aliphatic carbocycles. The van der Waals surface area contributed by atoms with Gasteiger partial charge in [-0.1, -0.05) is 29.8 Å². The second-order valence-corrected chi connectivity index (χ2v) is 6.53. The molecule has 3 aromatic rings. The normalized spacial score (nSPS) is 17.0. The lowest BCUT2D eigenvalue weighted by Crippen LogP contribution is -2.37. The summed E-state index contributed by atoms with van der Waals surface area (Å²) in [7, 11) is 0. The molecule has 0 fully saturated rings. The fraction of sp³-hybridized carbons (Fsp3) is 0.389. The van der Waals surface area contributed by atoms with Gasteiger partial charge in [0.15, 0.2) is 0 Å². The van der Waals surface area contributed by atoms with Crippen molar-refractivity contribution in [1.82, 2.24) is 30.3 Å². The van der Waals surface area contributed by atoms with Gasteiger partial charge in [-0.3, -0.25) is 5.10 Å². The van der Waals surface area contributed by atoms with Crippen molar-refractivity contribution >= 4 is 0 Å². The monoisotopic (exact) mass is 322 g/mol. The highest BCUT2D eigenvalue weighted by Crippen LogP contribution is 2.22. The molecule has 1 aromatic carbocycles. The first-order valence-electron chi connectivity index (χ1n) is 8.42. The smallest absolute Gasteiger partial charge is 0.133 e. The van der Waals surface area contributed by atoms with Crippen LogP contribution in [0.4, 0.5) is 0 Å². The van der Waals surface area contributed by atoms with Crippen LogP contribution < -0.4 is 5.32 Å². The maximum absolute atomic E-state index is 4.24. The van der Waals surface area contributed by atoms with E-state index >= 15 is 0 Å². The molecule has 124 valence electrons. The Morgan fingerprint density at radius 2 is 2.04 bits per heavy atom. The van der Waals surface area contributed by atoms with Crippen molar-refractivity contribution in [3.8, 4) is 11.3 Å². The largest absolute Gasteiger partial charge is 0.314 e. The Balaban J connectivity index is 1.45. The van der Waals surface area contributed by atoms with Gasteiger partial charge in [-0.05, 0) is 25.8 Å². The summed E-state index contributed by atoms with van der Waals surface area (Å²) >= 11 is 0. The average Bonchev–Trinajstić information content (AvgIpc) is 3.21. The molecule has 1 atom stereocenters. The zero-order valence-electron chi connectivity index (χ0n) is 14.1. The summed E-state index contributed by atoms with van der Waals surface area (Å²) in [6, 6.07) is 8.97. The molecule has 4 rings (SSSR count). The second-order valence-electron chi connectivity index (χ2n) is 6.53. The Hall–Kier alpha value is -2.47. The molecule has 0 saturated carbocycles. The number of aromatic amines is 1. The molecule has 0 radical (unpaired) electrons. The number of H-pyrrole nitrogens is 1. The van der Waals surface area contributed by atoms with E-state index in [0.29, 0.717) is 6.04 Å². The predicted molar refractivity (Wildman–Crippen MR) is 92.5 cm³/mol. The summed E-state index contributed by atoms with van der Waals surface area (Å²) in [4.78, 5) is 0. The van der Waals surface area contributed by atoms with Crippen LogP contribution in [-0.2, 0) is 19.5 Å². The molecular weight excluding hydrogens is 300 g/mol. The maximum Gasteiger partial charge on any atom is 0.133 e. The van der Waals surface area contributed by atoms with Gasteiger partial charge in [-0.2, -0.15) is 5.10 Å². The number of hydrogen-bond acceptors (Lipinski definition) is 4. The summed E-state index contributed by atoms with van der Waals surface area (Å²) in [5, 5.41) is 19.4. The van der Waals surface area contributed by atoms with E-state index in [0.717, 1.165) is 43.3 Å². The van der Waals surface area contributed by atoms with E-state index in [-0.39, 0.29) is 0 Å². The molecule has 3 heterocycles. The van der Waals surface area contributed by atoms with E-state index in [1.807, 2.05) is 13.1 Å². The van der Waals surface area contributed by atoms with Gasteiger partial charge in [0, 0.05) is 31.1 Å². The second kappa shape index (κ2) is 6.20. The molecule has 0 spiro atoms. The summed E-state index contributed by atoms with van der Waals surface area (Å²) in [6.45, 7) is 5.86. The standard InChI is InChI=1S/C18H22N6/c1-12-3-5-14(6-4-12)18-15(10-20-23-18)9-19-16-7-8-17-22-21-13(2)24(17)11-16/h3-6,10,16,19H,7-9,11H2,1-2H3,(H,20,23)/t16-/m0/s1. The lowest BCUT2D eigenvalue weighted by molar-refractivity contribution is 0.375. The van der Waals surface area contributed by atoms with Crippen LogP contribution in [0.5, 0.6) is 0 Å². The fourth-order valence-electron chi connectivity index (χ4n) is 3.30. The lowest BCUT2D eigenvalue weighted by atomic mass is 10.0. The van der Waals surface area contributed by atoms with Crippen LogP contribution in [0.25, 0.3) is 11.3 Å². The Bertz CT molecular complexity index is 830. The number of nitrogens with one attached hydrogen (secondary N) is 2. The van der Waals surface area contributed by atoms with Gasteiger partial charge in [-0.25, -0.2) is 0 Å². The van der Waals surface area contributed by atoms with Crippen molar-refractivity contribution < 1.29 is 0 Å². The molecule has 0 unspecified atom stereocenters. The summed E-state index contributed by atoms with van der Waals surface area (Å²) in [5.41, 5.74) is 4.74. The van der Waals surface area contributed by atoms with E-state index in [4.69, 9.17) is 0 Å². The van der Waals surface area contributed by atoms with Crippen LogP contribution in [0.3, 0.4) is 0 Å². The third-order valence-corrected chi connectivity index (χ3v) is 4.77. The van der Waals surface area contributed by atoms with Gasteiger partial charge in [0.1, 0.15) is 11.6 Å². The first-order valence-corrected chi connectivity index (χ1v) is 8.42. The molecule has 0 amide bonds. The number of rotatable bonds is 4. The van der Waals surface area contributed by atoms with Crippen molar-refractivity contribution in [2.24, 2.45) is 0 Å². The molecule has 2 aromatic heterocycles. The minimum Gasteiger partial charge on any atom is -0.314 e. The van der Waals surface area contributed by atoms with E-state index < -0.39 is 0 Å². The van der Waals surface area contributed by atoms with Gasteiger partial charge in [0.05, 0.1) is 11.9 Å². The highest BCUT2D eigenvalue weighted by atomic mass is 15.3. The van der Waals surface area contributed by atoms with E-state index in [9.17, 15) is 0 Å². The van der Waals surface area contributed by atoms with Crippen molar-refractivity contribution in [1.29, 1.82) is 0 Å². The number of fused-ring (bicyclic) bond motifs is 1. The molecule has 6 nitrogen and oxygen atoms in total. The minimum absolute atomic E-state index is 0.438. The quantitative estimate of drug-likeness (QED) is 0.774. The fourth-order valence-corrected chi connectivity index (χ4v) is 3.30. The van der Waals surface area contributed by atoms with Crippen molar-refractivity contribution in [3.63, 3.8) is 0 Å². The van der Waals surface area contributed by atoms with E-state index in [1.165, 1.54) is 16.7 Å². The van der Waals surface area contributed by atoms with Gasteiger partial charge < -0.3 is 9.88 Å². The SMILES string of the molecule is Cc1ccc(-c2[nH]ncc2CN[C@H]2CCc3nnc(C)n3C2)cc1. The minimum atomic E-state index is 0.438. The Morgan fingerprint density at radius 3 is 2.88 bits per heavy atom. The van der Waals surface area contributed by atoms with Gasteiger partial charge >= 0.3 is 0 Å².